The fourth-order valence-corrected chi connectivity index (χ4v) is 2.51. The van der Waals surface area contributed by atoms with E-state index in [0.29, 0.717) is 12.1 Å². The van der Waals surface area contributed by atoms with Gasteiger partial charge in [0.05, 0.1) is 12.1 Å². The van der Waals surface area contributed by atoms with Crippen LogP contribution < -0.4 is 11.1 Å². The molecule has 0 aliphatic heterocycles. The molecule has 0 spiro atoms. The van der Waals surface area contributed by atoms with Crippen LogP contribution in [0.4, 0.5) is 4.39 Å². The number of halogens is 1. The predicted molar refractivity (Wildman–Crippen MR) is 82.7 cm³/mol. The van der Waals surface area contributed by atoms with Crippen molar-refractivity contribution in [3.05, 3.63) is 57.5 Å². The summed E-state index contributed by atoms with van der Waals surface area (Å²) in [4.78, 5) is 12.1. The van der Waals surface area contributed by atoms with Gasteiger partial charge in [0.2, 0.25) is 0 Å². The van der Waals surface area contributed by atoms with Crippen LogP contribution in [-0.4, -0.2) is 19.0 Å². The number of hydrogen-bond donors (Lipinski definition) is 2. The second kappa shape index (κ2) is 7.58. The van der Waals surface area contributed by atoms with Crippen LogP contribution in [0.5, 0.6) is 0 Å². The van der Waals surface area contributed by atoms with E-state index < -0.39 is 5.82 Å². The molecule has 5 heteroatoms. The number of carbonyl (C=O) groups excluding carboxylic acids is 1. The molecule has 3 N–H and O–H groups in total. The van der Waals surface area contributed by atoms with Gasteiger partial charge in [0.15, 0.2) is 0 Å². The van der Waals surface area contributed by atoms with Gasteiger partial charge < -0.3 is 11.1 Å². The smallest absolute Gasteiger partial charge is 0.252 e. The summed E-state index contributed by atoms with van der Waals surface area (Å²) in [6.07, 6.45) is 0.744. The van der Waals surface area contributed by atoms with Gasteiger partial charge >= 0.3 is 0 Å². The molecule has 1 heterocycles. The Morgan fingerprint density at radius 3 is 2.95 bits per heavy atom. The number of carbonyl (C=O) groups is 1. The third kappa shape index (κ3) is 4.42. The molecule has 0 radical (unpaired) electrons. The lowest BCUT2D eigenvalue weighted by Gasteiger charge is -2.07. The fraction of sp³-hybridized carbons (Fsp3) is 0.188. The predicted octanol–water partition coefficient (Wildman–Crippen LogP) is 2.17. The van der Waals surface area contributed by atoms with E-state index in [2.05, 4.69) is 17.2 Å². The Hall–Kier alpha value is -2.16. The normalized spacial score (nSPS) is 9.81. The third-order valence-electron chi connectivity index (χ3n) is 2.83. The number of rotatable bonds is 4. The Morgan fingerprint density at radius 2 is 2.24 bits per heavy atom. The number of nitrogens with two attached hydrogens (primary N) is 1. The van der Waals surface area contributed by atoms with Crippen LogP contribution in [0.25, 0.3) is 0 Å². The summed E-state index contributed by atoms with van der Waals surface area (Å²) in [6, 6.07) is 5.98. The van der Waals surface area contributed by atoms with Gasteiger partial charge in [-0.15, -0.1) is 0 Å². The van der Waals surface area contributed by atoms with Gasteiger partial charge in [-0.05, 0) is 47.0 Å². The molecule has 0 atom stereocenters. The van der Waals surface area contributed by atoms with Gasteiger partial charge in [-0.1, -0.05) is 11.8 Å². The van der Waals surface area contributed by atoms with E-state index in [0.717, 1.165) is 6.42 Å². The largest absolute Gasteiger partial charge is 0.352 e. The zero-order valence-corrected chi connectivity index (χ0v) is 12.2. The van der Waals surface area contributed by atoms with Gasteiger partial charge in [0, 0.05) is 12.1 Å². The fourth-order valence-electron chi connectivity index (χ4n) is 1.81. The molecule has 1 aromatic heterocycles. The molecule has 3 nitrogen and oxygen atoms in total. The number of hydrogen-bond acceptors (Lipinski definition) is 3. The molecule has 0 aliphatic carbocycles. The second-order valence-corrected chi connectivity index (χ2v) is 5.11. The molecule has 21 heavy (non-hydrogen) atoms. The molecule has 0 saturated carbocycles. The van der Waals surface area contributed by atoms with E-state index in [-0.39, 0.29) is 18.0 Å². The van der Waals surface area contributed by atoms with Crippen LogP contribution in [0.1, 0.15) is 21.5 Å². The van der Waals surface area contributed by atoms with E-state index in [1.54, 1.807) is 11.3 Å². The summed E-state index contributed by atoms with van der Waals surface area (Å²) >= 11 is 1.62. The molecule has 0 aliphatic rings. The van der Waals surface area contributed by atoms with Gasteiger partial charge in [0.25, 0.3) is 5.91 Å². The van der Waals surface area contributed by atoms with Gasteiger partial charge in [-0.3, -0.25) is 4.79 Å². The number of amides is 1. The summed E-state index contributed by atoms with van der Waals surface area (Å²) in [5.74, 6) is 4.67. The standard InChI is InChI=1S/C16H15FN2OS/c17-14-4-3-13(2-1-7-18)15(10-14)16(20)19-8-5-12-6-9-21-11-12/h3-4,6,9-11H,5,7-8,18H2,(H,19,20). The Kier molecular flexibility index (Phi) is 5.50. The van der Waals surface area contributed by atoms with Crippen molar-refractivity contribution in [3.8, 4) is 11.8 Å². The van der Waals surface area contributed by atoms with E-state index in [1.807, 2.05) is 16.8 Å². The van der Waals surface area contributed by atoms with Crippen LogP contribution in [0.2, 0.25) is 0 Å². The minimum Gasteiger partial charge on any atom is -0.352 e. The van der Waals surface area contributed by atoms with Gasteiger partial charge in [-0.25, -0.2) is 4.39 Å². The number of thiophene rings is 1. The number of nitrogens with one attached hydrogen (secondary N) is 1. The Balaban J connectivity index is 2.05. The van der Waals surface area contributed by atoms with Crippen molar-refractivity contribution in [3.63, 3.8) is 0 Å². The highest BCUT2D eigenvalue weighted by Gasteiger charge is 2.11. The van der Waals surface area contributed by atoms with Crippen molar-refractivity contribution in [2.24, 2.45) is 5.73 Å². The summed E-state index contributed by atoms with van der Waals surface area (Å²) in [5.41, 5.74) is 7.21. The maximum atomic E-state index is 13.3. The highest BCUT2D eigenvalue weighted by atomic mass is 32.1. The topological polar surface area (TPSA) is 55.1 Å². The van der Waals surface area contributed by atoms with Crippen LogP contribution in [0.15, 0.2) is 35.0 Å². The van der Waals surface area contributed by atoms with Gasteiger partial charge in [0.1, 0.15) is 5.82 Å². The summed E-state index contributed by atoms with van der Waals surface area (Å²) in [6.45, 7) is 0.687. The van der Waals surface area contributed by atoms with Crippen LogP contribution >= 0.6 is 11.3 Å². The minimum absolute atomic E-state index is 0.191. The lowest BCUT2D eigenvalue weighted by molar-refractivity contribution is 0.0953. The summed E-state index contributed by atoms with van der Waals surface area (Å²) in [5, 5.41) is 6.81. The summed E-state index contributed by atoms with van der Waals surface area (Å²) < 4.78 is 13.3. The molecule has 0 unspecified atom stereocenters. The quantitative estimate of drug-likeness (QED) is 0.851. The van der Waals surface area contributed by atoms with Crippen LogP contribution in [0.3, 0.4) is 0 Å². The zero-order chi connectivity index (χ0) is 15.1. The average molecular weight is 302 g/mol. The Labute approximate surface area is 127 Å². The maximum absolute atomic E-state index is 13.3. The van der Waals surface area contributed by atoms with Crippen LogP contribution in [-0.2, 0) is 6.42 Å². The van der Waals surface area contributed by atoms with E-state index in [9.17, 15) is 9.18 Å². The highest BCUT2D eigenvalue weighted by molar-refractivity contribution is 7.07. The third-order valence-corrected chi connectivity index (χ3v) is 3.56. The van der Waals surface area contributed by atoms with E-state index in [1.165, 1.54) is 23.8 Å². The first kappa shape index (κ1) is 15.2. The lowest BCUT2D eigenvalue weighted by Crippen LogP contribution is -2.26. The van der Waals surface area contributed by atoms with Crippen LogP contribution in [0, 0.1) is 17.7 Å². The Bertz CT molecular complexity index is 671. The molecule has 108 valence electrons. The maximum Gasteiger partial charge on any atom is 0.252 e. The molecule has 2 rings (SSSR count). The first-order valence-electron chi connectivity index (χ1n) is 6.48. The summed E-state index contributed by atoms with van der Waals surface area (Å²) in [7, 11) is 0. The Morgan fingerprint density at radius 1 is 1.38 bits per heavy atom. The molecule has 1 amide bonds. The number of benzene rings is 1. The molecular weight excluding hydrogens is 287 g/mol. The monoisotopic (exact) mass is 302 g/mol. The average Bonchev–Trinajstić information content (AvgIpc) is 2.99. The van der Waals surface area contributed by atoms with Crippen molar-refractivity contribution in [2.45, 2.75) is 6.42 Å². The molecule has 0 bridgehead atoms. The molecule has 0 saturated heterocycles. The zero-order valence-electron chi connectivity index (χ0n) is 11.4. The van der Waals surface area contributed by atoms with Crippen molar-refractivity contribution in [1.82, 2.24) is 5.32 Å². The van der Waals surface area contributed by atoms with Crippen molar-refractivity contribution < 1.29 is 9.18 Å². The molecule has 2 aromatic rings. The van der Waals surface area contributed by atoms with E-state index >= 15 is 0 Å². The molecule has 0 fully saturated rings. The van der Waals surface area contributed by atoms with Crippen molar-refractivity contribution in [2.75, 3.05) is 13.1 Å². The van der Waals surface area contributed by atoms with Gasteiger partial charge in [-0.2, -0.15) is 11.3 Å². The first-order valence-corrected chi connectivity index (χ1v) is 7.42. The van der Waals surface area contributed by atoms with E-state index in [4.69, 9.17) is 5.73 Å². The van der Waals surface area contributed by atoms with Crippen molar-refractivity contribution >= 4 is 17.2 Å². The lowest BCUT2D eigenvalue weighted by atomic mass is 10.1. The first-order chi connectivity index (χ1) is 10.2. The highest BCUT2D eigenvalue weighted by Crippen LogP contribution is 2.11. The minimum atomic E-state index is -0.462. The molecular formula is C16H15FN2OS. The second-order valence-electron chi connectivity index (χ2n) is 4.33. The van der Waals surface area contributed by atoms with Crippen molar-refractivity contribution in [1.29, 1.82) is 0 Å². The molecule has 1 aromatic carbocycles. The SMILES string of the molecule is NCC#Cc1ccc(F)cc1C(=O)NCCc1ccsc1.